The second-order valence-corrected chi connectivity index (χ2v) is 7.39. The topological polar surface area (TPSA) is 0 Å². The highest BCUT2D eigenvalue weighted by Crippen LogP contribution is 2.37. The van der Waals surface area contributed by atoms with Crippen molar-refractivity contribution in [3.63, 3.8) is 0 Å². The van der Waals surface area contributed by atoms with Gasteiger partial charge < -0.3 is 0 Å². The maximum atomic E-state index is 14.8. The first-order chi connectivity index (χ1) is 16.0. The summed E-state index contributed by atoms with van der Waals surface area (Å²) in [6.45, 7) is 1.28. The number of hydrogen-bond acceptors (Lipinski definition) is 0. The first kappa shape index (κ1) is 23.4. The highest BCUT2D eigenvalue weighted by molar-refractivity contribution is 5.75. The van der Waals surface area contributed by atoms with Crippen LogP contribution in [0.15, 0.2) is 48.5 Å². The molecule has 0 nitrogen and oxygen atoms in total. The van der Waals surface area contributed by atoms with E-state index < -0.39 is 85.7 Å². The van der Waals surface area contributed by atoms with Crippen LogP contribution >= 0.6 is 0 Å². The Morgan fingerprint density at radius 3 is 1.15 bits per heavy atom. The van der Waals surface area contributed by atoms with Gasteiger partial charge in [0.15, 0.2) is 52.4 Å². The molecule has 4 rings (SSSR count). The fourth-order valence-corrected chi connectivity index (χ4v) is 3.51. The molecule has 174 valence electrons. The molecule has 0 radical (unpaired) electrons. The summed E-state index contributed by atoms with van der Waals surface area (Å²) in [7, 11) is 0. The van der Waals surface area contributed by atoms with Crippen LogP contribution in [0.25, 0.3) is 33.4 Å². The fraction of sp³-hybridized carbons (Fsp3) is 0.0400. The molecular weight excluding hydrogens is 471 g/mol. The van der Waals surface area contributed by atoms with Crippen LogP contribution in [0.5, 0.6) is 0 Å². The Kier molecular flexibility index (Phi) is 5.89. The minimum Gasteiger partial charge on any atom is -0.204 e. The summed E-state index contributed by atoms with van der Waals surface area (Å²) in [4.78, 5) is 0. The number of benzene rings is 4. The maximum absolute atomic E-state index is 14.8. The molecule has 0 saturated carbocycles. The SMILES string of the molecule is Cc1ccc(-c2ccc(-c3ccc(-c4cc(F)c(F)c(F)c4)c(F)c3F)c(F)c2F)c(F)c1F. The quantitative estimate of drug-likeness (QED) is 0.204. The van der Waals surface area contributed by atoms with Crippen LogP contribution < -0.4 is 0 Å². The summed E-state index contributed by atoms with van der Waals surface area (Å²) in [5, 5.41) is 0. The van der Waals surface area contributed by atoms with Crippen molar-refractivity contribution in [1.29, 1.82) is 0 Å². The van der Waals surface area contributed by atoms with Crippen LogP contribution in [0.1, 0.15) is 5.56 Å². The van der Waals surface area contributed by atoms with Gasteiger partial charge in [0.25, 0.3) is 0 Å². The molecule has 4 aromatic carbocycles. The molecule has 0 spiro atoms. The van der Waals surface area contributed by atoms with Gasteiger partial charge in [0.05, 0.1) is 0 Å². The first-order valence-electron chi connectivity index (χ1n) is 9.59. The highest BCUT2D eigenvalue weighted by Gasteiger charge is 2.24. The molecule has 0 bridgehead atoms. The van der Waals surface area contributed by atoms with E-state index in [1.165, 1.54) is 6.92 Å². The van der Waals surface area contributed by atoms with Crippen molar-refractivity contribution >= 4 is 0 Å². The standard InChI is InChI=1S/C25H11F9/c1-10-2-3-13(21(30)19(10)28)15-6-7-16(24(33)23(15)32)14-5-4-12(20(29)22(14)31)11-8-17(26)25(34)18(27)9-11/h2-9H,1H3. The van der Waals surface area contributed by atoms with Crippen LogP contribution in [0.2, 0.25) is 0 Å². The largest absolute Gasteiger partial charge is 0.204 e. The summed E-state index contributed by atoms with van der Waals surface area (Å²) < 4.78 is 127. The minimum atomic E-state index is -1.80. The van der Waals surface area contributed by atoms with Gasteiger partial charge in [0.2, 0.25) is 0 Å². The Morgan fingerprint density at radius 1 is 0.382 bits per heavy atom. The maximum Gasteiger partial charge on any atom is 0.194 e. The van der Waals surface area contributed by atoms with E-state index in [-0.39, 0.29) is 5.56 Å². The first-order valence-corrected chi connectivity index (χ1v) is 9.59. The summed E-state index contributed by atoms with van der Waals surface area (Å²) in [5.41, 5.74) is -3.96. The van der Waals surface area contributed by atoms with Gasteiger partial charge >= 0.3 is 0 Å². The zero-order chi connectivity index (χ0) is 24.9. The average molecular weight is 482 g/mol. The molecule has 4 aromatic rings. The number of rotatable bonds is 3. The molecule has 0 amide bonds. The zero-order valence-electron chi connectivity index (χ0n) is 17.0. The van der Waals surface area contributed by atoms with E-state index >= 15 is 0 Å². The predicted molar refractivity (Wildman–Crippen MR) is 107 cm³/mol. The van der Waals surface area contributed by atoms with Crippen molar-refractivity contribution < 1.29 is 39.5 Å². The van der Waals surface area contributed by atoms with Gasteiger partial charge in [-0.3, -0.25) is 0 Å². The van der Waals surface area contributed by atoms with Crippen molar-refractivity contribution in [3.8, 4) is 33.4 Å². The molecule has 0 aromatic heterocycles. The summed E-state index contributed by atoms with van der Waals surface area (Å²) >= 11 is 0. The molecule has 0 N–H and O–H groups in total. The molecule has 0 fully saturated rings. The molecule has 0 saturated heterocycles. The van der Waals surface area contributed by atoms with Crippen LogP contribution in [-0.4, -0.2) is 0 Å². The second-order valence-electron chi connectivity index (χ2n) is 7.39. The third kappa shape index (κ3) is 3.70. The van der Waals surface area contributed by atoms with Crippen molar-refractivity contribution in [2.45, 2.75) is 6.92 Å². The van der Waals surface area contributed by atoms with Gasteiger partial charge in [-0.25, -0.2) is 39.5 Å². The van der Waals surface area contributed by atoms with Gasteiger partial charge in [-0.05, 0) is 30.2 Å². The third-order valence-electron chi connectivity index (χ3n) is 5.32. The number of aryl methyl sites for hydroxylation is 1. The molecule has 0 heterocycles. The lowest BCUT2D eigenvalue weighted by Gasteiger charge is -2.13. The van der Waals surface area contributed by atoms with E-state index in [4.69, 9.17) is 0 Å². The van der Waals surface area contributed by atoms with Gasteiger partial charge in [-0.1, -0.05) is 36.4 Å². The summed E-state index contributed by atoms with van der Waals surface area (Å²) in [6, 6.07) is 6.49. The monoisotopic (exact) mass is 482 g/mol. The van der Waals surface area contributed by atoms with Crippen molar-refractivity contribution in [3.05, 3.63) is 106 Å². The van der Waals surface area contributed by atoms with E-state index in [1.54, 1.807) is 0 Å². The van der Waals surface area contributed by atoms with Crippen LogP contribution in [0.3, 0.4) is 0 Å². The molecule has 0 aliphatic carbocycles. The van der Waals surface area contributed by atoms with Gasteiger partial charge in [-0.15, -0.1) is 0 Å². The second kappa shape index (κ2) is 8.55. The van der Waals surface area contributed by atoms with Crippen LogP contribution in [-0.2, 0) is 0 Å². The predicted octanol–water partition coefficient (Wildman–Crippen LogP) is 8.25. The number of halogens is 9. The Balaban J connectivity index is 1.83. The Labute approximate surface area is 186 Å². The van der Waals surface area contributed by atoms with Gasteiger partial charge in [-0.2, -0.15) is 0 Å². The molecule has 0 aliphatic rings. The van der Waals surface area contributed by atoms with E-state index in [0.717, 1.165) is 36.4 Å². The van der Waals surface area contributed by atoms with Gasteiger partial charge in [0, 0.05) is 27.8 Å². The average Bonchev–Trinajstić information content (AvgIpc) is 2.80. The Hall–Kier alpha value is -3.75. The molecule has 34 heavy (non-hydrogen) atoms. The summed E-state index contributed by atoms with van der Waals surface area (Å²) in [5.74, 6) is -14.4. The van der Waals surface area contributed by atoms with E-state index in [1.807, 2.05) is 0 Å². The lowest BCUT2D eigenvalue weighted by molar-refractivity contribution is 0.447. The lowest BCUT2D eigenvalue weighted by Crippen LogP contribution is -2.01. The smallest absolute Gasteiger partial charge is 0.194 e. The molecule has 0 atom stereocenters. The molecule has 0 aliphatic heterocycles. The number of hydrogen-bond donors (Lipinski definition) is 0. The van der Waals surface area contributed by atoms with Crippen molar-refractivity contribution in [1.82, 2.24) is 0 Å². The Morgan fingerprint density at radius 2 is 0.706 bits per heavy atom. The van der Waals surface area contributed by atoms with Crippen LogP contribution in [0, 0.1) is 59.3 Å². The lowest BCUT2D eigenvalue weighted by atomic mass is 9.95. The minimum absolute atomic E-state index is 0.0581. The summed E-state index contributed by atoms with van der Waals surface area (Å²) in [6.07, 6.45) is 0. The van der Waals surface area contributed by atoms with E-state index in [9.17, 15) is 39.5 Å². The molecule has 9 heteroatoms. The third-order valence-corrected chi connectivity index (χ3v) is 5.32. The Bertz CT molecular complexity index is 1430. The molecular formula is C25H11F9. The fourth-order valence-electron chi connectivity index (χ4n) is 3.51. The van der Waals surface area contributed by atoms with Crippen molar-refractivity contribution in [2.24, 2.45) is 0 Å². The van der Waals surface area contributed by atoms with E-state index in [0.29, 0.717) is 12.1 Å². The van der Waals surface area contributed by atoms with E-state index in [2.05, 4.69) is 0 Å². The van der Waals surface area contributed by atoms with Gasteiger partial charge in [0.1, 0.15) is 0 Å². The van der Waals surface area contributed by atoms with Crippen molar-refractivity contribution in [2.75, 3.05) is 0 Å². The normalized spacial score (nSPS) is 11.2. The van der Waals surface area contributed by atoms with Crippen LogP contribution in [0.4, 0.5) is 39.5 Å². The molecule has 0 unspecified atom stereocenters. The highest BCUT2D eigenvalue weighted by atomic mass is 19.2. The zero-order valence-corrected chi connectivity index (χ0v) is 17.0.